The predicted molar refractivity (Wildman–Crippen MR) is 79.5 cm³/mol. The summed E-state index contributed by atoms with van der Waals surface area (Å²) in [5.41, 5.74) is 1.26. The first kappa shape index (κ1) is 15.7. The van der Waals surface area contributed by atoms with Crippen molar-refractivity contribution in [3.63, 3.8) is 0 Å². The highest BCUT2D eigenvalue weighted by Crippen LogP contribution is 2.38. The number of halogens is 2. The third kappa shape index (κ3) is 2.17. The lowest BCUT2D eigenvalue weighted by atomic mass is 9.99. The second-order valence-electron chi connectivity index (χ2n) is 5.90. The molecule has 2 heterocycles. The van der Waals surface area contributed by atoms with Gasteiger partial charge in [0.2, 0.25) is 0 Å². The maximum Gasteiger partial charge on any atom is 0.325 e. The number of hydrogen-bond donors (Lipinski definition) is 1. The van der Waals surface area contributed by atoms with E-state index < -0.39 is 31.5 Å². The number of rotatable bonds is 3. The second kappa shape index (κ2) is 5.78. The Bertz CT molecular complexity index is 689. The van der Waals surface area contributed by atoms with Gasteiger partial charge in [0.15, 0.2) is 0 Å². The fourth-order valence-corrected chi connectivity index (χ4v) is 3.64. The SMILES string of the molecule is Cc1c(N2C(=O)N3CCC(O)[C@H]3C2CF)ccc(C#N)c1CF. The number of aliphatic hydroxyl groups is 1. The first-order chi connectivity index (χ1) is 11.0. The van der Waals surface area contributed by atoms with Crippen molar-refractivity contribution in [2.24, 2.45) is 0 Å². The summed E-state index contributed by atoms with van der Waals surface area (Å²) in [6, 6.07) is 3.13. The van der Waals surface area contributed by atoms with Gasteiger partial charge >= 0.3 is 6.03 Å². The zero-order chi connectivity index (χ0) is 16.7. The number of fused-ring (bicyclic) bond motifs is 1. The van der Waals surface area contributed by atoms with E-state index in [1.54, 1.807) is 13.0 Å². The van der Waals surface area contributed by atoms with Gasteiger partial charge in [0.05, 0.1) is 29.8 Å². The van der Waals surface area contributed by atoms with Gasteiger partial charge in [-0.3, -0.25) is 4.90 Å². The van der Waals surface area contributed by atoms with Gasteiger partial charge in [-0.05, 0) is 31.0 Å². The van der Waals surface area contributed by atoms with E-state index in [-0.39, 0.29) is 17.2 Å². The van der Waals surface area contributed by atoms with Crippen LogP contribution in [0.15, 0.2) is 12.1 Å². The number of aliphatic hydroxyl groups excluding tert-OH is 1. The summed E-state index contributed by atoms with van der Waals surface area (Å²) in [7, 11) is 0. The van der Waals surface area contributed by atoms with Crippen molar-refractivity contribution in [1.82, 2.24) is 4.90 Å². The van der Waals surface area contributed by atoms with Crippen LogP contribution in [0.3, 0.4) is 0 Å². The molecule has 1 N–H and O–H groups in total. The van der Waals surface area contributed by atoms with Crippen LogP contribution in [0, 0.1) is 18.3 Å². The number of carbonyl (C=O) groups is 1. The number of alkyl halides is 2. The topological polar surface area (TPSA) is 67.6 Å². The van der Waals surface area contributed by atoms with Gasteiger partial charge in [-0.2, -0.15) is 5.26 Å². The summed E-state index contributed by atoms with van der Waals surface area (Å²) in [5, 5.41) is 19.1. The highest BCUT2D eigenvalue weighted by molar-refractivity contribution is 5.97. The van der Waals surface area contributed by atoms with E-state index in [9.17, 15) is 18.7 Å². The zero-order valence-corrected chi connectivity index (χ0v) is 12.7. The molecular formula is C16H17F2N3O2. The average molecular weight is 321 g/mol. The number of amides is 2. The Morgan fingerprint density at radius 2 is 2.17 bits per heavy atom. The van der Waals surface area contributed by atoms with Crippen LogP contribution in [0.2, 0.25) is 0 Å². The van der Waals surface area contributed by atoms with E-state index in [1.807, 2.05) is 6.07 Å². The van der Waals surface area contributed by atoms with E-state index >= 15 is 0 Å². The minimum Gasteiger partial charge on any atom is -0.391 e. The third-order valence-corrected chi connectivity index (χ3v) is 4.84. The summed E-state index contributed by atoms with van der Waals surface area (Å²) in [4.78, 5) is 15.4. The summed E-state index contributed by atoms with van der Waals surface area (Å²) < 4.78 is 26.9. The van der Waals surface area contributed by atoms with E-state index in [1.165, 1.54) is 15.9 Å². The molecule has 0 aromatic heterocycles. The zero-order valence-electron chi connectivity index (χ0n) is 12.7. The van der Waals surface area contributed by atoms with E-state index in [4.69, 9.17) is 5.26 Å². The van der Waals surface area contributed by atoms with Gasteiger partial charge in [0.1, 0.15) is 13.3 Å². The molecule has 0 bridgehead atoms. The Kier molecular flexibility index (Phi) is 3.94. The quantitative estimate of drug-likeness (QED) is 0.926. The lowest BCUT2D eigenvalue weighted by molar-refractivity contribution is 0.125. The van der Waals surface area contributed by atoms with Crippen LogP contribution in [-0.2, 0) is 6.67 Å². The van der Waals surface area contributed by atoms with Crippen LogP contribution in [0.25, 0.3) is 0 Å². The lowest BCUT2D eigenvalue weighted by Gasteiger charge is -2.27. The predicted octanol–water partition coefficient (Wildman–Crippen LogP) is 2.05. The van der Waals surface area contributed by atoms with E-state index in [0.717, 1.165) is 0 Å². The number of urea groups is 1. The van der Waals surface area contributed by atoms with Crippen LogP contribution >= 0.6 is 0 Å². The van der Waals surface area contributed by atoms with Gasteiger partial charge in [0, 0.05) is 17.8 Å². The fourth-order valence-electron chi connectivity index (χ4n) is 3.64. The maximum absolute atomic E-state index is 13.6. The van der Waals surface area contributed by atoms with Crippen molar-refractivity contribution in [2.75, 3.05) is 18.1 Å². The molecule has 0 aliphatic carbocycles. The third-order valence-electron chi connectivity index (χ3n) is 4.84. The molecule has 1 aromatic carbocycles. The Hall–Kier alpha value is -2.20. The molecule has 2 unspecified atom stereocenters. The molecule has 3 rings (SSSR count). The van der Waals surface area contributed by atoms with E-state index in [0.29, 0.717) is 24.2 Å². The van der Waals surface area contributed by atoms with Gasteiger partial charge in [-0.25, -0.2) is 13.6 Å². The molecule has 2 aliphatic heterocycles. The molecule has 122 valence electrons. The standard InChI is InChI=1S/C16H17F2N3O2/c1-9-11(6-17)10(8-19)2-3-12(9)21-13(7-18)15-14(22)4-5-20(15)16(21)23/h2-3,13-15,22H,4-7H2,1H3/t13?,14?,15-/m1/s1. The number of anilines is 1. The monoisotopic (exact) mass is 321 g/mol. The summed E-state index contributed by atoms with van der Waals surface area (Å²) in [6.45, 7) is 0.367. The van der Waals surface area contributed by atoms with Gasteiger partial charge in [-0.15, -0.1) is 0 Å². The summed E-state index contributed by atoms with van der Waals surface area (Å²) in [5.74, 6) is 0. The van der Waals surface area contributed by atoms with E-state index in [2.05, 4.69) is 0 Å². The van der Waals surface area contributed by atoms with Crippen LogP contribution < -0.4 is 4.90 Å². The average Bonchev–Trinajstić information content (AvgIpc) is 3.06. The number of hydrogen-bond acceptors (Lipinski definition) is 3. The molecule has 0 spiro atoms. The largest absolute Gasteiger partial charge is 0.391 e. The molecule has 0 radical (unpaired) electrons. The second-order valence-corrected chi connectivity index (χ2v) is 5.90. The number of nitrogens with zero attached hydrogens (tertiary/aromatic N) is 3. The van der Waals surface area contributed by atoms with Crippen molar-refractivity contribution < 1.29 is 18.7 Å². The summed E-state index contributed by atoms with van der Waals surface area (Å²) >= 11 is 0. The minimum absolute atomic E-state index is 0.206. The fraction of sp³-hybridized carbons (Fsp3) is 0.500. The Morgan fingerprint density at radius 3 is 2.78 bits per heavy atom. The van der Waals surface area contributed by atoms with Gasteiger partial charge in [-0.1, -0.05) is 0 Å². The van der Waals surface area contributed by atoms with Crippen molar-refractivity contribution in [3.05, 3.63) is 28.8 Å². The molecule has 1 aromatic rings. The Balaban J connectivity index is 2.08. The van der Waals surface area contributed by atoms with Crippen molar-refractivity contribution >= 4 is 11.7 Å². The molecule has 2 saturated heterocycles. The normalized spacial score (nSPS) is 26.6. The molecule has 2 aliphatic rings. The summed E-state index contributed by atoms with van der Waals surface area (Å²) in [6.07, 6.45) is -0.327. The first-order valence-electron chi connectivity index (χ1n) is 7.47. The molecule has 0 saturated carbocycles. The van der Waals surface area contributed by atoms with Gasteiger partial charge < -0.3 is 10.0 Å². The van der Waals surface area contributed by atoms with Crippen LogP contribution in [0.5, 0.6) is 0 Å². The van der Waals surface area contributed by atoms with Crippen molar-refractivity contribution in [3.8, 4) is 6.07 Å². The van der Waals surface area contributed by atoms with Crippen molar-refractivity contribution in [2.45, 2.75) is 38.2 Å². The number of nitriles is 1. The van der Waals surface area contributed by atoms with Crippen LogP contribution in [0.1, 0.15) is 23.1 Å². The molecule has 7 heteroatoms. The maximum atomic E-state index is 13.6. The number of carbonyl (C=O) groups excluding carboxylic acids is 1. The molecule has 3 atom stereocenters. The molecule has 2 amide bonds. The highest BCUT2D eigenvalue weighted by Gasteiger charge is 2.52. The Morgan fingerprint density at radius 1 is 1.43 bits per heavy atom. The number of benzene rings is 1. The molecular weight excluding hydrogens is 304 g/mol. The van der Waals surface area contributed by atoms with Gasteiger partial charge in [0.25, 0.3) is 0 Å². The lowest BCUT2D eigenvalue weighted by Crippen LogP contribution is -2.43. The highest BCUT2D eigenvalue weighted by atomic mass is 19.1. The Labute approximate surface area is 132 Å². The molecule has 2 fully saturated rings. The molecule has 5 nitrogen and oxygen atoms in total. The first-order valence-corrected chi connectivity index (χ1v) is 7.47. The minimum atomic E-state index is -0.833. The molecule has 23 heavy (non-hydrogen) atoms. The smallest absolute Gasteiger partial charge is 0.325 e. The van der Waals surface area contributed by atoms with Crippen LogP contribution in [-0.4, -0.2) is 47.4 Å². The van der Waals surface area contributed by atoms with Crippen molar-refractivity contribution in [1.29, 1.82) is 5.26 Å². The van der Waals surface area contributed by atoms with Crippen LogP contribution in [0.4, 0.5) is 19.3 Å².